The Morgan fingerprint density at radius 2 is 1.36 bits per heavy atom. The van der Waals surface area contributed by atoms with E-state index in [2.05, 4.69) is 25.8 Å². The van der Waals surface area contributed by atoms with Crippen molar-refractivity contribution in [2.75, 3.05) is 25.2 Å². The van der Waals surface area contributed by atoms with Gasteiger partial charge in [-0.3, -0.25) is 38.4 Å². The van der Waals surface area contributed by atoms with Crippen LogP contribution in [-0.2, 0) is 56.0 Å². The molecule has 320 valence electrons. The highest BCUT2D eigenvalue weighted by molar-refractivity contribution is 7.98. The molecule has 0 aliphatic heterocycles. The quantitative estimate of drug-likeness (QED) is 0.0470. The number of carboxylic acids is 2. The van der Waals surface area contributed by atoms with Crippen molar-refractivity contribution in [2.24, 2.45) is 5.73 Å². The van der Waals surface area contributed by atoms with Crippen LogP contribution >= 0.6 is 11.8 Å². The summed E-state index contributed by atoms with van der Waals surface area (Å²) in [6, 6.07) is 9.48. The summed E-state index contributed by atoms with van der Waals surface area (Å²) < 4.78 is 5.10. The zero-order chi connectivity index (χ0) is 43.7. The number of carbonyl (C=O) groups is 8. The lowest BCUT2D eigenvalue weighted by atomic mass is 10.00. The van der Waals surface area contributed by atoms with Crippen LogP contribution in [0, 0.1) is 0 Å². The summed E-state index contributed by atoms with van der Waals surface area (Å²) in [6.07, 6.45) is -0.347. The van der Waals surface area contributed by atoms with Crippen molar-refractivity contribution in [1.29, 1.82) is 0 Å². The van der Waals surface area contributed by atoms with Gasteiger partial charge in [-0.1, -0.05) is 48.5 Å². The van der Waals surface area contributed by atoms with Crippen LogP contribution in [0.2, 0.25) is 0 Å². The maximum Gasteiger partial charge on any atom is 0.431 e. The molecule has 5 amide bonds. The third-order valence-electron chi connectivity index (χ3n) is 8.15. The number of amides is 5. The molecule has 20 nitrogen and oxygen atoms in total. The van der Waals surface area contributed by atoms with E-state index in [0.29, 0.717) is 27.8 Å². The molecular weight excluding hydrogens is 795 g/mol. The van der Waals surface area contributed by atoms with Gasteiger partial charge in [0, 0.05) is 17.3 Å². The first-order valence-electron chi connectivity index (χ1n) is 18.2. The second-order valence-corrected chi connectivity index (χ2v) is 15.0. The number of aromatic amines is 1. The molecule has 0 saturated heterocycles. The van der Waals surface area contributed by atoms with Gasteiger partial charge in [-0.15, -0.1) is 0 Å². The SMILES string of the molecule is CSCC[C@H](NC(=O)[C@@H](N)Cc1c(C(=O)CONC(=O)OC(C)(C)C)[nH]c2ccccc12)C(=O)N[C@@H](CC(=O)O)C(=O)N[C@@H](Cc1ccccc1)C(=O)NOCC(=O)O. The van der Waals surface area contributed by atoms with Crippen LogP contribution in [-0.4, -0.2) is 118 Å². The van der Waals surface area contributed by atoms with Gasteiger partial charge in [0.05, 0.1) is 18.2 Å². The number of thioether (sulfide) groups is 1. The van der Waals surface area contributed by atoms with E-state index in [1.54, 1.807) is 81.6 Å². The van der Waals surface area contributed by atoms with E-state index >= 15 is 0 Å². The summed E-state index contributed by atoms with van der Waals surface area (Å²) in [6.45, 7) is 3.48. The molecule has 1 aromatic heterocycles. The van der Waals surface area contributed by atoms with Gasteiger partial charge in [-0.25, -0.2) is 15.1 Å². The number of ketones is 1. The fourth-order valence-electron chi connectivity index (χ4n) is 5.51. The van der Waals surface area contributed by atoms with E-state index in [0.717, 1.165) is 0 Å². The van der Waals surface area contributed by atoms with E-state index in [-0.39, 0.29) is 25.0 Å². The summed E-state index contributed by atoms with van der Waals surface area (Å²) in [5.41, 5.74) is 11.1. The summed E-state index contributed by atoms with van der Waals surface area (Å²) >= 11 is 1.34. The number of Topliss-reactive ketones (excluding diaryl/α,β-unsaturated/α-hetero) is 1. The van der Waals surface area contributed by atoms with E-state index in [4.69, 9.17) is 20.4 Å². The number of para-hydroxylation sites is 1. The predicted molar refractivity (Wildman–Crippen MR) is 213 cm³/mol. The first-order valence-corrected chi connectivity index (χ1v) is 19.6. The number of aliphatic carboxylic acids is 2. The largest absolute Gasteiger partial charge is 0.481 e. The van der Waals surface area contributed by atoms with Gasteiger partial charge in [0.25, 0.3) is 5.91 Å². The van der Waals surface area contributed by atoms with Crippen LogP contribution in [0.5, 0.6) is 0 Å². The average Bonchev–Trinajstić information content (AvgIpc) is 3.53. The molecule has 59 heavy (non-hydrogen) atoms. The van der Waals surface area contributed by atoms with Crippen LogP contribution in [0.4, 0.5) is 4.79 Å². The summed E-state index contributed by atoms with van der Waals surface area (Å²) in [7, 11) is 0. The topological polar surface area (TPSA) is 307 Å². The number of carboxylic acid groups (broad SMARTS) is 2. The van der Waals surface area contributed by atoms with E-state index in [1.165, 1.54) is 11.8 Å². The number of nitrogens with two attached hydrogens (primary N) is 1. The molecule has 10 N–H and O–H groups in total. The molecule has 0 aliphatic carbocycles. The Bertz CT molecular complexity index is 1970. The lowest BCUT2D eigenvalue weighted by molar-refractivity contribution is -0.150. The lowest BCUT2D eigenvalue weighted by Crippen LogP contribution is -2.58. The van der Waals surface area contributed by atoms with Gasteiger partial charge in [0.1, 0.15) is 30.3 Å². The van der Waals surface area contributed by atoms with Gasteiger partial charge in [-0.2, -0.15) is 17.2 Å². The second kappa shape index (κ2) is 22.8. The number of benzene rings is 2. The van der Waals surface area contributed by atoms with Crippen molar-refractivity contribution in [2.45, 2.75) is 76.2 Å². The Kier molecular flexibility index (Phi) is 18.3. The van der Waals surface area contributed by atoms with Gasteiger partial charge in [-0.05, 0) is 62.8 Å². The normalized spacial score (nSPS) is 13.2. The maximum atomic E-state index is 13.7. The molecule has 21 heteroatoms. The van der Waals surface area contributed by atoms with Crippen molar-refractivity contribution < 1.29 is 63.0 Å². The number of aromatic nitrogens is 1. The van der Waals surface area contributed by atoms with E-state index < -0.39 is 96.8 Å². The second-order valence-electron chi connectivity index (χ2n) is 14.1. The highest BCUT2D eigenvalue weighted by atomic mass is 32.2. The Labute approximate surface area is 342 Å². The highest BCUT2D eigenvalue weighted by Crippen LogP contribution is 2.24. The van der Waals surface area contributed by atoms with Gasteiger partial charge in [0.2, 0.25) is 23.5 Å². The zero-order valence-electron chi connectivity index (χ0n) is 32.8. The van der Waals surface area contributed by atoms with Crippen LogP contribution in [0.15, 0.2) is 54.6 Å². The maximum absolute atomic E-state index is 13.7. The number of hydrogen-bond acceptors (Lipinski definition) is 13. The average molecular weight is 844 g/mol. The lowest BCUT2D eigenvalue weighted by Gasteiger charge is -2.25. The van der Waals surface area contributed by atoms with Gasteiger partial charge >= 0.3 is 18.0 Å². The highest BCUT2D eigenvalue weighted by Gasteiger charge is 2.33. The molecule has 0 bridgehead atoms. The van der Waals surface area contributed by atoms with E-state index in [9.17, 15) is 43.5 Å². The third kappa shape index (κ3) is 16.0. The van der Waals surface area contributed by atoms with Crippen molar-refractivity contribution in [3.8, 4) is 0 Å². The number of hydroxylamine groups is 2. The Morgan fingerprint density at radius 1 is 0.746 bits per heavy atom. The summed E-state index contributed by atoms with van der Waals surface area (Å²) in [5.74, 6) is -6.84. The zero-order valence-corrected chi connectivity index (χ0v) is 33.6. The first kappa shape index (κ1) is 47.3. The number of fused-ring (bicyclic) bond motifs is 1. The molecule has 2 aromatic carbocycles. The minimum atomic E-state index is -1.74. The minimum Gasteiger partial charge on any atom is -0.481 e. The molecule has 0 fully saturated rings. The molecule has 1 heterocycles. The molecule has 0 spiro atoms. The smallest absolute Gasteiger partial charge is 0.431 e. The van der Waals surface area contributed by atoms with Crippen LogP contribution in [0.3, 0.4) is 0 Å². The van der Waals surface area contributed by atoms with Crippen molar-refractivity contribution in [3.05, 3.63) is 71.4 Å². The number of carbonyl (C=O) groups excluding carboxylic acids is 6. The molecule has 3 rings (SSSR count). The Morgan fingerprint density at radius 3 is 2.00 bits per heavy atom. The van der Waals surface area contributed by atoms with Crippen molar-refractivity contribution >= 4 is 70.1 Å². The number of rotatable bonds is 23. The number of ether oxygens (including phenoxy) is 1. The van der Waals surface area contributed by atoms with Crippen LogP contribution < -0.4 is 32.6 Å². The minimum absolute atomic E-state index is 0.0334. The van der Waals surface area contributed by atoms with Crippen LogP contribution in [0.25, 0.3) is 10.9 Å². The molecule has 0 radical (unpaired) electrons. The summed E-state index contributed by atoms with van der Waals surface area (Å²) in [4.78, 5) is 114. The van der Waals surface area contributed by atoms with Gasteiger partial charge < -0.3 is 41.6 Å². The number of H-pyrrole nitrogens is 1. The Balaban J connectivity index is 1.77. The molecule has 4 atom stereocenters. The fourth-order valence-corrected chi connectivity index (χ4v) is 5.98. The fraction of sp³-hybridized carbons (Fsp3) is 0.421. The summed E-state index contributed by atoms with van der Waals surface area (Å²) in [5, 5.41) is 26.4. The third-order valence-corrected chi connectivity index (χ3v) is 8.79. The van der Waals surface area contributed by atoms with Crippen molar-refractivity contribution in [3.63, 3.8) is 0 Å². The molecule has 0 aliphatic rings. The molecule has 0 unspecified atom stereocenters. The standard InChI is InChI=1S/C38H49N7O13S/c1-38(2,3)58-37(55)45-56-19-29(46)32-23(22-12-8-9-13-25(22)40-32)17-24(39)33(51)41-26(14-15-59-4)34(52)43-28(18-30(47)48)35(53)42-27(16-21-10-6-5-7-11-21)36(54)44-57-20-31(49)50/h5-13,24,26-28,40H,14-20,39H2,1-4H3,(H,41,51)(H,42,53)(H,43,52)(H,44,54)(H,45,55)(H,47,48)(H,49,50)/t24-,26-,27-,28-/m0/s1. The van der Waals surface area contributed by atoms with Crippen molar-refractivity contribution in [1.82, 2.24) is 31.9 Å². The van der Waals surface area contributed by atoms with E-state index in [1.807, 2.05) is 11.0 Å². The molecular formula is C38H49N7O13S. The predicted octanol–water partition coefficient (Wildman–Crippen LogP) is 0.734. The van der Waals surface area contributed by atoms with Gasteiger partial charge in [0.15, 0.2) is 6.61 Å². The number of nitrogens with one attached hydrogen (secondary N) is 6. The first-order chi connectivity index (χ1) is 27.9. The monoisotopic (exact) mass is 843 g/mol. The number of hydrogen-bond donors (Lipinski definition) is 9. The molecule has 3 aromatic rings. The van der Waals surface area contributed by atoms with Crippen LogP contribution in [0.1, 0.15) is 55.2 Å². The Hall–Kier alpha value is -6.03. The molecule has 0 saturated carbocycles.